The van der Waals surface area contributed by atoms with Crippen molar-refractivity contribution in [3.63, 3.8) is 0 Å². The van der Waals surface area contributed by atoms with Gasteiger partial charge in [0.2, 0.25) is 0 Å². The molecule has 0 nitrogen and oxygen atoms in total. The van der Waals surface area contributed by atoms with Crippen LogP contribution in [-0.2, 0) is 12.8 Å². The number of benzene rings is 2. The third-order valence-electron chi connectivity index (χ3n) is 4.03. The topological polar surface area (TPSA) is 0 Å². The Labute approximate surface area is 137 Å². The van der Waals surface area contributed by atoms with Crippen LogP contribution in [0.5, 0.6) is 0 Å². The van der Waals surface area contributed by atoms with Gasteiger partial charge in [-0.3, -0.25) is 0 Å². The lowest BCUT2D eigenvalue weighted by atomic mass is 9.94. The summed E-state index contributed by atoms with van der Waals surface area (Å²) in [6.07, 6.45) is 7.76. The minimum atomic E-state index is 1.26. The zero-order chi connectivity index (χ0) is 16.2. The Morgan fingerprint density at radius 3 is 1.86 bits per heavy atom. The summed E-state index contributed by atoms with van der Waals surface area (Å²) in [5.74, 6) is 0. The van der Waals surface area contributed by atoms with E-state index in [4.69, 9.17) is 0 Å². The fourth-order valence-corrected chi connectivity index (χ4v) is 2.61. The van der Waals surface area contributed by atoms with E-state index in [1.54, 1.807) is 11.1 Å². The van der Waals surface area contributed by atoms with Crippen molar-refractivity contribution in [2.45, 2.75) is 66.2 Å². The van der Waals surface area contributed by atoms with E-state index in [9.17, 15) is 0 Å². The van der Waals surface area contributed by atoms with Crippen LogP contribution in [0.15, 0.2) is 48.5 Å². The zero-order valence-corrected chi connectivity index (χ0v) is 14.9. The van der Waals surface area contributed by atoms with Gasteiger partial charge in [0.25, 0.3) is 0 Å². The lowest BCUT2D eigenvalue weighted by Gasteiger charge is -2.11. The Morgan fingerprint density at radius 1 is 0.682 bits per heavy atom. The first-order valence-corrected chi connectivity index (χ1v) is 8.78. The summed E-state index contributed by atoms with van der Waals surface area (Å²) in [5, 5.41) is 0. The molecule has 0 saturated carbocycles. The quantitative estimate of drug-likeness (QED) is 0.558. The smallest absolute Gasteiger partial charge is 0.0274 e. The van der Waals surface area contributed by atoms with Crippen LogP contribution < -0.4 is 0 Å². The molecule has 2 aromatic rings. The van der Waals surface area contributed by atoms with Crippen molar-refractivity contribution in [1.82, 2.24) is 0 Å². The van der Waals surface area contributed by atoms with Crippen molar-refractivity contribution in [1.29, 1.82) is 0 Å². The first-order valence-electron chi connectivity index (χ1n) is 8.78. The molecule has 0 N–H and O–H groups in total. The third kappa shape index (κ3) is 6.93. The van der Waals surface area contributed by atoms with E-state index in [1.807, 2.05) is 18.2 Å². The molecular weight excluding hydrogens is 264 g/mol. The Balaban J connectivity index is 0.000000287. The van der Waals surface area contributed by atoms with Crippen molar-refractivity contribution in [2.24, 2.45) is 0 Å². The monoisotopic (exact) mass is 296 g/mol. The van der Waals surface area contributed by atoms with Crippen LogP contribution in [0.1, 0.15) is 61.8 Å². The fourth-order valence-electron chi connectivity index (χ4n) is 2.61. The largest absolute Gasteiger partial charge is 0.0654 e. The molecule has 0 aliphatic heterocycles. The van der Waals surface area contributed by atoms with Crippen LogP contribution in [0, 0.1) is 13.8 Å². The lowest BCUT2D eigenvalue weighted by Crippen LogP contribution is -1.97. The lowest BCUT2D eigenvalue weighted by molar-refractivity contribution is 0.754. The van der Waals surface area contributed by atoms with Crippen molar-refractivity contribution >= 4 is 0 Å². The standard InChI is InChI=1S/C15H24.C7H8/c1-4-6-10-14-11-8-9-13(3)15(14)12-7-5-2;1-7-5-3-2-4-6-7/h8-9,11H,4-7,10,12H2,1-3H3;2-6H,1H3. The molecule has 0 aliphatic rings. The molecule has 0 unspecified atom stereocenters. The van der Waals surface area contributed by atoms with Crippen LogP contribution in [-0.4, -0.2) is 0 Å². The molecule has 0 spiro atoms. The summed E-state index contributed by atoms with van der Waals surface area (Å²) in [4.78, 5) is 0. The molecule has 0 heteroatoms. The fraction of sp³-hybridized carbons (Fsp3) is 0.455. The van der Waals surface area contributed by atoms with Gasteiger partial charge in [-0.1, -0.05) is 80.8 Å². The van der Waals surface area contributed by atoms with E-state index in [2.05, 4.69) is 58.0 Å². The van der Waals surface area contributed by atoms with Gasteiger partial charge in [-0.15, -0.1) is 0 Å². The minimum absolute atomic E-state index is 1.26. The average Bonchev–Trinajstić information content (AvgIpc) is 2.53. The van der Waals surface area contributed by atoms with Gasteiger partial charge in [0.15, 0.2) is 0 Å². The van der Waals surface area contributed by atoms with E-state index in [0.29, 0.717) is 0 Å². The zero-order valence-electron chi connectivity index (χ0n) is 14.9. The van der Waals surface area contributed by atoms with E-state index in [-0.39, 0.29) is 0 Å². The Morgan fingerprint density at radius 2 is 1.32 bits per heavy atom. The Hall–Kier alpha value is -1.56. The molecule has 22 heavy (non-hydrogen) atoms. The predicted octanol–water partition coefficient (Wildman–Crippen LogP) is 6.68. The molecule has 0 atom stereocenters. The van der Waals surface area contributed by atoms with Crippen molar-refractivity contribution in [3.8, 4) is 0 Å². The summed E-state index contributed by atoms with van der Waals surface area (Å²) in [5.41, 5.74) is 6.01. The van der Waals surface area contributed by atoms with E-state index >= 15 is 0 Å². The highest BCUT2D eigenvalue weighted by Crippen LogP contribution is 2.19. The van der Waals surface area contributed by atoms with Gasteiger partial charge in [-0.25, -0.2) is 0 Å². The highest BCUT2D eigenvalue weighted by Gasteiger charge is 2.04. The summed E-state index contributed by atoms with van der Waals surface area (Å²) in [6, 6.07) is 17.0. The second-order valence-corrected chi connectivity index (χ2v) is 6.07. The number of hydrogen-bond donors (Lipinski definition) is 0. The molecule has 0 aliphatic carbocycles. The van der Waals surface area contributed by atoms with Crippen molar-refractivity contribution in [2.75, 3.05) is 0 Å². The molecule has 0 aromatic heterocycles. The number of unbranched alkanes of at least 4 members (excludes halogenated alkanes) is 2. The molecule has 0 heterocycles. The van der Waals surface area contributed by atoms with Gasteiger partial charge in [0.1, 0.15) is 0 Å². The SMILES string of the molecule is CCCCc1cccc(C)c1CCCC.Cc1ccccc1. The predicted molar refractivity (Wildman–Crippen MR) is 99.6 cm³/mol. The summed E-state index contributed by atoms with van der Waals surface area (Å²) < 4.78 is 0. The van der Waals surface area contributed by atoms with Gasteiger partial charge in [0.05, 0.1) is 0 Å². The first kappa shape index (κ1) is 18.5. The van der Waals surface area contributed by atoms with Crippen LogP contribution in [0.4, 0.5) is 0 Å². The van der Waals surface area contributed by atoms with E-state index in [0.717, 1.165) is 0 Å². The molecule has 0 saturated heterocycles. The Bertz CT molecular complexity index is 511. The third-order valence-corrected chi connectivity index (χ3v) is 4.03. The highest BCUT2D eigenvalue weighted by molar-refractivity contribution is 5.34. The van der Waals surface area contributed by atoms with E-state index in [1.165, 1.54) is 49.7 Å². The molecule has 2 rings (SSSR count). The molecule has 0 fully saturated rings. The van der Waals surface area contributed by atoms with Gasteiger partial charge < -0.3 is 0 Å². The summed E-state index contributed by atoms with van der Waals surface area (Å²) >= 11 is 0. The number of aryl methyl sites for hydroxylation is 3. The maximum atomic E-state index is 2.31. The van der Waals surface area contributed by atoms with Crippen molar-refractivity contribution in [3.05, 3.63) is 70.8 Å². The van der Waals surface area contributed by atoms with Crippen molar-refractivity contribution < 1.29 is 0 Å². The van der Waals surface area contributed by atoms with Gasteiger partial charge in [-0.2, -0.15) is 0 Å². The molecular formula is C22H32. The average molecular weight is 296 g/mol. The highest BCUT2D eigenvalue weighted by atomic mass is 14.1. The second-order valence-electron chi connectivity index (χ2n) is 6.07. The van der Waals surface area contributed by atoms with Crippen LogP contribution in [0.3, 0.4) is 0 Å². The first-order chi connectivity index (χ1) is 10.7. The maximum absolute atomic E-state index is 2.31. The molecule has 2 aromatic carbocycles. The van der Waals surface area contributed by atoms with Gasteiger partial charge >= 0.3 is 0 Å². The van der Waals surface area contributed by atoms with Gasteiger partial charge in [-0.05, 0) is 56.2 Å². The Kier molecular flexibility index (Phi) is 9.30. The number of hydrogen-bond acceptors (Lipinski definition) is 0. The van der Waals surface area contributed by atoms with Crippen LogP contribution in [0.25, 0.3) is 0 Å². The molecule has 0 radical (unpaired) electrons. The van der Waals surface area contributed by atoms with Gasteiger partial charge in [0, 0.05) is 0 Å². The molecule has 0 amide bonds. The summed E-state index contributed by atoms with van der Waals surface area (Å²) in [7, 11) is 0. The minimum Gasteiger partial charge on any atom is -0.0654 e. The van der Waals surface area contributed by atoms with Crippen LogP contribution >= 0.6 is 0 Å². The second kappa shape index (κ2) is 11.1. The van der Waals surface area contributed by atoms with Crippen LogP contribution in [0.2, 0.25) is 0 Å². The number of rotatable bonds is 6. The summed E-state index contributed by atoms with van der Waals surface area (Å²) in [6.45, 7) is 8.87. The van der Waals surface area contributed by atoms with E-state index < -0.39 is 0 Å². The molecule has 0 bridgehead atoms. The molecule has 120 valence electrons. The maximum Gasteiger partial charge on any atom is -0.0274 e. The normalized spacial score (nSPS) is 10.0.